The summed E-state index contributed by atoms with van der Waals surface area (Å²) in [5.74, 6) is -2.37. The number of aliphatic carboxylic acids is 1. The molecule has 19 heavy (non-hydrogen) atoms. The quantitative estimate of drug-likeness (QED) is 0.650. The molecule has 0 aliphatic heterocycles. The van der Waals surface area contributed by atoms with Gasteiger partial charge in [-0.3, -0.25) is 14.4 Å². The van der Waals surface area contributed by atoms with E-state index in [2.05, 4.69) is 10.6 Å². The number of likely N-dealkylation sites (N-methyl/N-ethyl adjacent to an activating group) is 1. The van der Waals surface area contributed by atoms with Crippen molar-refractivity contribution >= 4 is 17.8 Å². The molecule has 0 spiro atoms. The number of hydrogen-bond donors (Lipinski definition) is 3. The lowest BCUT2D eigenvalue weighted by molar-refractivity contribution is -0.146. The normalized spacial score (nSPS) is 25.9. The van der Waals surface area contributed by atoms with Gasteiger partial charge in [0.05, 0.1) is 18.4 Å². The van der Waals surface area contributed by atoms with Gasteiger partial charge in [-0.2, -0.15) is 0 Å². The maximum atomic E-state index is 12.0. The topological polar surface area (TPSA) is 95.5 Å². The second kappa shape index (κ2) is 7.11. The molecule has 1 rings (SSSR count). The van der Waals surface area contributed by atoms with Gasteiger partial charge in [-0.05, 0) is 25.7 Å². The summed E-state index contributed by atoms with van der Waals surface area (Å²) in [7, 11) is 0. The molecule has 6 heteroatoms. The van der Waals surface area contributed by atoms with Gasteiger partial charge in [0.1, 0.15) is 0 Å². The second-order valence-electron chi connectivity index (χ2n) is 4.97. The average molecular weight is 270 g/mol. The number of carbonyl (C=O) groups excluding carboxylic acids is 2. The van der Waals surface area contributed by atoms with Gasteiger partial charge >= 0.3 is 5.97 Å². The van der Waals surface area contributed by atoms with Crippen LogP contribution in [0.1, 0.15) is 33.1 Å². The summed E-state index contributed by atoms with van der Waals surface area (Å²) in [4.78, 5) is 34.4. The van der Waals surface area contributed by atoms with Crippen molar-refractivity contribution in [3.05, 3.63) is 0 Å². The molecule has 1 unspecified atom stereocenters. The Hall–Kier alpha value is -1.59. The van der Waals surface area contributed by atoms with Crippen molar-refractivity contribution in [2.75, 3.05) is 13.1 Å². The van der Waals surface area contributed by atoms with E-state index in [1.165, 1.54) is 0 Å². The fourth-order valence-electron chi connectivity index (χ4n) is 2.60. The van der Waals surface area contributed by atoms with E-state index in [-0.39, 0.29) is 24.3 Å². The highest BCUT2D eigenvalue weighted by atomic mass is 16.4. The van der Waals surface area contributed by atoms with Crippen LogP contribution in [0.2, 0.25) is 0 Å². The van der Waals surface area contributed by atoms with Crippen molar-refractivity contribution in [1.29, 1.82) is 0 Å². The summed E-state index contributed by atoms with van der Waals surface area (Å²) in [6.07, 6.45) is 2.02. The summed E-state index contributed by atoms with van der Waals surface area (Å²) in [5, 5.41) is 14.2. The van der Waals surface area contributed by atoms with Crippen molar-refractivity contribution in [3.8, 4) is 0 Å². The third-order valence-corrected chi connectivity index (χ3v) is 3.69. The van der Waals surface area contributed by atoms with Crippen molar-refractivity contribution in [2.45, 2.75) is 33.1 Å². The summed E-state index contributed by atoms with van der Waals surface area (Å²) < 4.78 is 0. The predicted molar refractivity (Wildman–Crippen MR) is 69.3 cm³/mol. The van der Waals surface area contributed by atoms with Crippen LogP contribution in [0.4, 0.5) is 0 Å². The highest BCUT2D eigenvalue weighted by molar-refractivity contribution is 5.88. The van der Waals surface area contributed by atoms with Crippen LogP contribution in [0.15, 0.2) is 0 Å². The van der Waals surface area contributed by atoms with E-state index in [0.29, 0.717) is 19.4 Å². The van der Waals surface area contributed by atoms with Crippen LogP contribution < -0.4 is 10.6 Å². The number of amides is 2. The molecular weight excluding hydrogens is 248 g/mol. The number of carbonyl (C=O) groups is 3. The van der Waals surface area contributed by atoms with Crippen molar-refractivity contribution in [2.24, 2.45) is 17.8 Å². The second-order valence-corrected chi connectivity index (χ2v) is 4.97. The molecule has 3 N–H and O–H groups in total. The Morgan fingerprint density at radius 1 is 1.11 bits per heavy atom. The number of hydrogen-bond acceptors (Lipinski definition) is 3. The Kier molecular flexibility index (Phi) is 5.79. The molecule has 0 radical (unpaired) electrons. The van der Waals surface area contributed by atoms with Gasteiger partial charge in [0, 0.05) is 6.54 Å². The Labute approximate surface area is 112 Å². The van der Waals surface area contributed by atoms with Crippen LogP contribution in [-0.2, 0) is 14.4 Å². The molecule has 1 aliphatic rings. The van der Waals surface area contributed by atoms with E-state index in [0.717, 1.165) is 6.42 Å². The molecule has 2 amide bonds. The first-order valence-corrected chi connectivity index (χ1v) is 6.76. The monoisotopic (exact) mass is 270 g/mol. The third-order valence-electron chi connectivity index (χ3n) is 3.69. The lowest BCUT2D eigenvalue weighted by Crippen LogP contribution is -2.41. The molecule has 0 bridgehead atoms. The molecule has 3 atom stereocenters. The molecule has 6 nitrogen and oxygen atoms in total. The molecule has 1 saturated carbocycles. The first kappa shape index (κ1) is 15.5. The van der Waals surface area contributed by atoms with Crippen LogP contribution in [0.25, 0.3) is 0 Å². The highest BCUT2D eigenvalue weighted by Gasteiger charge is 2.42. The molecular formula is C13H22N2O4. The average Bonchev–Trinajstić information content (AvgIpc) is 2.80. The Morgan fingerprint density at radius 2 is 1.74 bits per heavy atom. The minimum Gasteiger partial charge on any atom is -0.481 e. The lowest BCUT2D eigenvalue weighted by Gasteiger charge is -2.15. The Morgan fingerprint density at radius 3 is 2.26 bits per heavy atom. The minimum atomic E-state index is -0.922. The zero-order chi connectivity index (χ0) is 14.4. The van der Waals surface area contributed by atoms with E-state index in [1.54, 1.807) is 6.92 Å². The maximum Gasteiger partial charge on any atom is 0.307 e. The molecule has 0 aromatic heterocycles. The van der Waals surface area contributed by atoms with Crippen LogP contribution in [0.5, 0.6) is 0 Å². The number of rotatable bonds is 6. The summed E-state index contributed by atoms with van der Waals surface area (Å²) in [6, 6.07) is 0. The van der Waals surface area contributed by atoms with Crippen LogP contribution in [-0.4, -0.2) is 36.0 Å². The van der Waals surface area contributed by atoms with Gasteiger partial charge in [0.15, 0.2) is 0 Å². The summed E-state index contributed by atoms with van der Waals surface area (Å²) in [5.41, 5.74) is 0. The van der Waals surface area contributed by atoms with Gasteiger partial charge in [-0.25, -0.2) is 0 Å². The van der Waals surface area contributed by atoms with Crippen molar-refractivity contribution in [1.82, 2.24) is 10.6 Å². The number of nitrogens with one attached hydrogen (secondary N) is 2. The maximum absolute atomic E-state index is 12.0. The summed E-state index contributed by atoms with van der Waals surface area (Å²) in [6.45, 7) is 4.21. The molecule has 0 aromatic carbocycles. The fraction of sp³-hybridized carbons (Fsp3) is 0.769. The molecule has 108 valence electrons. The molecule has 0 saturated heterocycles. The van der Waals surface area contributed by atoms with Crippen LogP contribution >= 0.6 is 0 Å². The first-order chi connectivity index (χ1) is 8.99. The van der Waals surface area contributed by atoms with E-state index in [1.807, 2.05) is 6.92 Å². The van der Waals surface area contributed by atoms with E-state index >= 15 is 0 Å². The highest BCUT2D eigenvalue weighted by Crippen LogP contribution is 2.38. The van der Waals surface area contributed by atoms with Gasteiger partial charge in [-0.15, -0.1) is 0 Å². The van der Waals surface area contributed by atoms with E-state index in [4.69, 9.17) is 5.11 Å². The first-order valence-electron chi connectivity index (χ1n) is 6.76. The van der Waals surface area contributed by atoms with Gasteiger partial charge in [0.2, 0.25) is 11.8 Å². The molecule has 1 fully saturated rings. The minimum absolute atomic E-state index is 0.0910. The van der Waals surface area contributed by atoms with Crippen LogP contribution in [0.3, 0.4) is 0 Å². The van der Waals surface area contributed by atoms with Gasteiger partial charge < -0.3 is 15.7 Å². The smallest absolute Gasteiger partial charge is 0.307 e. The Balaban J connectivity index is 2.54. The zero-order valence-electron chi connectivity index (χ0n) is 11.4. The molecule has 0 heterocycles. The Bertz CT molecular complexity index is 357. The SMILES string of the molecule is CCNC(=O)CNC(=O)[C@H]1CC(CC)C[C@H]1C(=O)O. The standard InChI is InChI=1S/C13H22N2O4/c1-3-8-5-9(10(6-8)13(18)19)12(17)15-7-11(16)14-4-2/h8-10H,3-7H2,1-2H3,(H,14,16)(H,15,17)(H,18,19)/t8?,9-,10+/m0/s1. The lowest BCUT2D eigenvalue weighted by atomic mass is 9.95. The van der Waals surface area contributed by atoms with E-state index in [9.17, 15) is 14.4 Å². The largest absolute Gasteiger partial charge is 0.481 e. The molecule has 0 aromatic rings. The zero-order valence-corrected chi connectivity index (χ0v) is 11.4. The van der Waals surface area contributed by atoms with E-state index < -0.39 is 17.8 Å². The predicted octanol–water partition coefficient (Wildman–Crippen LogP) is 0.376. The number of carboxylic acids is 1. The summed E-state index contributed by atoms with van der Waals surface area (Å²) >= 11 is 0. The van der Waals surface area contributed by atoms with Gasteiger partial charge in [-0.1, -0.05) is 13.3 Å². The van der Waals surface area contributed by atoms with Gasteiger partial charge in [0.25, 0.3) is 0 Å². The van der Waals surface area contributed by atoms with Crippen LogP contribution in [0, 0.1) is 17.8 Å². The fourth-order valence-corrected chi connectivity index (χ4v) is 2.60. The van der Waals surface area contributed by atoms with Crippen molar-refractivity contribution in [3.63, 3.8) is 0 Å². The third kappa shape index (κ3) is 4.22. The number of carboxylic acid groups (broad SMARTS) is 1. The van der Waals surface area contributed by atoms with Crippen molar-refractivity contribution < 1.29 is 19.5 Å². The molecule has 1 aliphatic carbocycles.